The van der Waals surface area contributed by atoms with Gasteiger partial charge in [0.15, 0.2) is 0 Å². The van der Waals surface area contributed by atoms with Crippen molar-refractivity contribution < 1.29 is 14.6 Å². The van der Waals surface area contributed by atoms with Crippen LogP contribution in [0.5, 0.6) is 0 Å². The second-order valence-electron chi connectivity index (χ2n) is 5.05. The molecule has 118 valence electrons. The highest BCUT2D eigenvalue weighted by Crippen LogP contribution is 2.25. The molecule has 0 aliphatic rings. The van der Waals surface area contributed by atoms with Gasteiger partial charge in [0, 0.05) is 23.2 Å². The maximum Gasteiger partial charge on any atom is 0.222 e. The van der Waals surface area contributed by atoms with Gasteiger partial charge in [-0.2, -0.15) is 0 Å². The summed E-state index contributed by atoms with van der Waals surface area (Å²) in [6, 6.07) is 4.78. The van der Waals surface area contributed by atoms with Crippen LogP contribution in [0.2, 0.25) is 10.0 Å². The summed E-state index contributed by atoms with van der Waals surface area (Å²) in [4.78, 5) is 11.7. The van der Waals surface area contributed by atoms with E-state index in [0.717, 1.165) is 6.42 Å². The van der Waals surface area contributed by atoms with Crippen LogP contribution in [-0.2, 0) is 9.53 Å². The van der Waals surface area contributed by atoms with Crippen LogP contribution < -0.4 is 5.32 Å². The number of rotatable bonds is 8. The summed E-state index contributed by atoms with van der Waals surface area (Å²) < 4.78 is 5.37. The predicted octanol–water partition coefficient (Wildman–Crippen LogP) is 3.35. The van der Waals surface area contributed by atoms with Gasteiger partial charge in [0.25, 0.3) is 0 Å². The third-order valence-corrected chi connectivity index (χ3v) is 3.18. The first-order valence-electron chi connectivity index (χ1n) is 6.91. The van der Waals surface area contributed by atoms with E-state index >= 15 is 0 Å². The number of aliphatic hydroxyl groups excluding tert-OH is 1. The van der Waals surface area contributed by atoms with Gasteiger partial charge in [-0.25, -0.2) is 0 Å². The van der Waals surface area contributed by atoms with Crippen molar-refractivity contribution in [1.82, 2.24) is 5.32 Å². The number of carbonyl (C=O) groups excluding carboxylic acids is 1. The van der Waals surface area contributed by atoms with E-state index in [-0.39, 0.29) is 18.4 Å². The molecular formula is C15H21Cl2NO3. The lowest BCUT2D eigenvalue weighted by Gasteiger charge is -2.12. The quantitative estimate of drug-likeness (QED) is 0.717. The fourth-order valence-corrected chi connectivity index (χ4v) is 2.30. The Morgan fingerprint density at radius 1 is 1.29 bits per heavy atom. The van der Waals surface area contributed by atoms with Crippen molar-refractivity contribution in [2.24, 2.45) is 0 Å². The van der Waals surface area contributed by atoms with Crippen LogP contribution in [0.4, 0.5) is 0 Å². The number of hydrogen-bond acceptors (Lipinski definition) is 3. The standard InChI is InChI=1S/C15H21Cl2NO3/c1-10(2)21-5-3-4-18-15(20)9-14(19)11-6-12(16)8-13(17)7-11/h6-8,10,14,19H,3-5,9H2,1-2H3,(H,18,20). The number of amides is 1. The molecule has 0 aliphatic heterocycles. The maximum atomic E-state index is 11.7. The summed E-state index contributed by atoms with van der Waals surface area (Å²) in [5.41, 5.74) is 0.533. The van der Waals surface area contributed by atoms with Crippen molar-refractivity contribution in [3.05, 3.63) is 33.8 Å². The average Bonchev–Trinajstić information content (AvgIpc) is 2.36. The number of ether oxygens (including phenoxy) is 1. The van der Waals surface area contributed by atoms with Crippen molar-refractivity contribution in [1.29, 1.82) is 0 Å². The third kappa shape index (κ3) is 7.67. The Kier molecular flexibility index (Phi) is 8.04. The van der Waals surface area contributed by atoms with Gasteiger partial charge in [-0.3, -0.25) is 4.79 Å². The molecule has 6 heteroatoms. The van der Waals surface area contributed by atoms with Crippen LogP contribution in [0.15, 0.2) is 18.2 Å². The van der Waals surface area contributed by atoms with Crippen LogP contribution >= 0.6 is 23.2 Å². The number of benzene rings is 1. The zero-order valence-electron chi connectivity index (χ0n) is 12.2. The lowest BCUT2D eigenvalue weighted by Crippen LogP contribution is -2.27. The highest BCUT2D eigenvalue weighted by molar-refractivity contribution is 6.34. The Morgan fingerprint density at radius 3 is 2.48 bits per heavy atom. The molecule has 2 N–H and O–H groups in total. The minimum atomic E-state index is -0.923. The summed E-state index contributed by atoms with van der Waals surface area (Å²) in [7, 11) is 0. The molecule has 0 aliphatic carbocycles. The van der Waals surface area contributed by atoms with E-state index < -0.39 is 6.10 Å². The van der Waals surface area contributed by atoms with Crippen LogP contribution in [-0.4, -0.2) is 30.3 Å². The summed E-state index contributed by atoms with van der Waals surface area (Å²) in [6.07, 6.45) is -0.0201. The molecule has 1 atom stereocenters. The summed E-state index contributed by atoms with van der Waals surface area (Å²) in [5.74, 6) is -0.219. The highest BCUT2D eigenvalue weighted by atomic mass is 35.5. The second kappa shape index (κ2) is 9.26. The highest BCUT2D eigenvalue weighted by Gasteiger charge is 2.14. The van der Waals surface area contributed by atoms with Crippen LogP contribution in [0.1, 0.15) is 38.4 Å². The smallest absolute Gasteiger partial charge is 0.222 e. The molecule has 0 saturated carbocycles. The minimum absolute atomic E-state index is 0.0261. The molecule has 1 aromatic carbocycles. The number of aliphatic hydroxyl groups is 1. The van der Waals surface area contributed by atoms with E-state index in [9.17, 15) is 9.90 Å². The zero-order valence-corrected chi connectivity index (χ0v) is 13.7. The van der Waals surface area contributed by atoms with Gasteiger partial charge in [0.2, 0.25) is 5.91 Å². The molecule has 1 unspecified atom stereocenters. The number of hydrogen-bond donors (Lipinski definition) is 2. The van der Waals surface area contributed by atoms with E-state index in [1.165, 1.54) is 0 Å². The summed E-state index contributed by atoms with van der Waals surface area (Å²) in [5, 5.41) is 13.6. The van der Waals surface area contributed by atoms with Crippen LogP contribution in [0.3, 0.4) is 0 Å². The van der Waals surface area contributed by atoms with Crippen molar-refractivity contribution in [2.75, 3.05) is 13.2 Å². The van der Waals surface area contributed by atoms with E-state index in [1.807, 2.05) is 13.8 Å². The molecule has 1 amide bonds. The first-order chi connectivity index (χ1) is 9.88. The fraction of sp³-hybridized carbons (Fsp3) is 0.533. The minimum Gasteiger partial charge on any atom is -0.388 e. The molecule has 0 bridgehead atoms. The van der Waals surface area contributed by atoms with Crippen molar-refractivity contribution >= 4 is 29.1 Å². The van der Waals surface area contributed by atoms with Gasteiger partial charge in [0.05, 0.1) is 18.6 Å². The van der Waals surface area contributed by atoms with Gasteiger partial charge >= 0.3 is 0 Å². The Morgan fingerprint density at radius 2 is 1.90 bits per heavy atom. The first-order valence-corrected chi connectivity index (χ1v) is 7.66. The molecule has 0 radical (unpaired) electrons. The SMILES string of the molecule is CC(C)OCCCNC(=O)CC(O)c1cc(Cl)cc(Cl)c1. The van der Waals surface area contributed by atoms with Gasteiger partial charge in [-0.05, 0) is 44.0 Å². The van der Waals surface area contributed by atoms with Gasteiger partial charge in [-0.15, -0.1) is 0 Å². The molecule has 0 aromatic heterocycles. The number of carbonyl (C=O) groups is 1. The molecule has 1 rings (SSSR count). The molecule has 0 saturated heterocycles. The third-order valence-electron chi connectivity index (χ3n) is 2.74. The average molecular weight is 334 g/mol. The Labute approximate surface area is 135 Å². The number of halogens is 2. The Hall–Kier alpha value is -0.810. The maximum absolute atomic E-state index is 11.7. The van der Waals surface area contributed by atoms with Crippen molar-refractivity contribution in [2.45, 2.75) is 38.9 Å². The van der Waals surface area contributed by atoms with Crippen LogP contribution in [0, 0.1) is 0 Å². The molecule has 21 heavy (non-hydrogen) atoms. The van der Waals surface area contributed by atoms with E-state index in [4.69, 9.17) is 27.9 Å². The molecule has 0 heterocycles. The molecular weight excluding hydrogens is 313 g/mol. The Bertz CT molecular complexity index is 446. The van der Waals surface area contributed by atoms with E-state index in [0.29, 0.717) is 28.8 Å². The second-order valence-corrected chi connectivity index (χ2v) is 5.92. The van der Waals surface area contributed by atoms with E-state index in [2.05, 4.69) is 5.32 Å². The lowest BCUT2D eigenvalue weighted by atomic mass is 10.1. The first kappa shape index (κ1) is 18.2. The molecule has 1 aromatic rings. The topological polar surface area (TPSA) is 58.6 Å². The molecule has 4 nitrogen and oxygen atoms in total. The van der Waals surface area contributed by atoms with Gasteiger partial charge in [-0.1, -0.05) is 23.2 Å². The Balaban J connectivity index is 2.33. The monoisotopic (exact) mass is 333 g/mol. The van der Waals surface area contributed by atoms with Crippen molar-refractivity contribution in [3.8, 4) is 0 Å². The van der Waals surface area contributed by atoms with Gasteiger partial charge < -0.3 is 15.2 Å². The normalized spacial score (nSPS) is 12.5. The van der Waals surface area contributed by atoms with Crippen molar-refractivity contribution in [3.63, 3.8) is 0 Å². The lowest BCUT2D eigenvalue weighted by molar-refractivity contribution is -0.123. The van der Waals surface area contributed by atoms with Gasteiger partial charge in [0.1, 0.15) is 0 Å². The molecule has 0 fully saturated rings. The zero-order chi connectivity index (χ0) is 15.8. The predicted molar refractivity (Wildman–Crippen MR) is 84.8 cm³/mol. The summed E-state index contributed by atoms with van der Waals surface area (Å²) in [6.45, 7) is 5.05. The van der Waals surface area contributed by atoms with Crippen LogP contribution in [0.25, 0.3) is 0 Å². The van der Waals surface area contributed by atoms with E-state index in [1.54, 1.807) is 18.2 Å². The number of nitrogens with one attached hydrogen (secondary N) is 1. The largest absolute Gasteiger partial charge is 0.388 e. The summed E-state index contributed by atoms with van der Waals surface area (Å²) >= 11 is 11.7. The molecule has 0 spiro atoms. The fourth-order valence-electron chi connectivity index (χ4n) is 1.75.